The number of benzene rings is 2. The Morgan fingerprint density at radius 2 is 1.83 bits per heavy atom. The highest BCUT2D eigenvalue weighted by molar-refractivity contribution is 5.99. The zero-order valence-corrected chi connectivity index (χ0v) is 20.1. The fourth-order valence-electron chi connectivity index (χ4n) is 4.13. The topological polar surface area (TPSA) is 93.3 Å². The fourth-order valence-corrected chi connectivity index (χ4v) is 4.13. The molecule has 180 valence electrons. The van der Waals surface area contributed by atoms with Gasteiger partial charge in [0.1, 0.15) is 22.6 Å². The molecule has 7 nitrogen and oxygen atoms in total. The lowest BCUT2D eigenvalue weighted by atomic mass is 9.99. The van der Waals surface area contributed by atoms with Crippen molar-refractivity contribution in [2.75, 3.05) is 5.32 Å². The van der Waals surface area contributed by atoms with Crippen LogP contribution in [0.2, 0.25) is 0 Å². The van der Waals surface area contributed by atoms with E-state index in [1.54, 1.807) is 24.4 Å². The minimum atomic E-state index is -0.639. The molecule has 8 heteroatoms. The first kappa shape index (κ1) is 23.3. The Labute approximate surface area is 207 Å². The van der Waals surface area contributed by atoms with E-state index < -0.39 is 11.5 Å². The summed E-state index contributed by atoms with van der Waals surface area (Å²) in [6.45, 7) is 5.70. The lowest BCUT2D eigenvalue weighted by molar-refractivity contribution is -0.117. The van der Waals surface area contributed by atoms with Crippen molar-refractivity contribution < 1.29 is 13.7 Å². The van der Waals surface area contributed by atoms with Gasteiger partial charge in [0.15, 0.2) is 5.82 Å². The minimum absolute atomic E-state index is 0.117. The number of hydrogen-bond donors (Lipinski definition) is 1. The molecule has 0 spiro atoms. The number of nitrogens with zero attached hydrogens (tertiary/aromatic N) is 4. The quantitative estimate of drug-likeness (QED) is 0.369. The maximum absolute atomic E-state index is 13.6. The van der Waals surface area contributed by atoms with E-state index in [1.165, 1.54) is 12.1 Å². The van der Waals surface area contributed by atoms with Crippen molar-refractivity contribution in [3.05, 3.63) is 96.1 Å². The molecule has 2 atom stereocenters. The van der Waals surface area contributed by atoms with Gasteiger partial charge < -0.3 is 4.52 Å². The molecule has 2 aromatic heterocycles. The normalized spacial score (nSPS) is 17.6. The number of carbonyl (C=O) groups excluding carboxylic acids is 1. The molecule has 2 unspecified atom stereocenters. The molecule has 36 heavy (non-hydrogen) atoms. The Morgan fingerprint density at radius 1 is 1.08 bits per heavy atom. The number of allylic oxidation sites excluding steroid dienone is 1. The summed E-state index contributed by atoms with van der Waals surface area (Å²) in [4.78, 5) is 27.1. The molecule has 1 aliphatic rings. The third-order valence-corrected chi connectivity index (χ3v) is 6.19. The Balaban J connectivity index is 1.58. The second-order valence-electron chi connectivity index (χ2n) is 8.86. The average molecular weight is 482 g/mol. The Kier molecular flexibility index (Phi) is 6.01. The second-order valence-corrected chi connectivity index (χ2v) is 8.86. The third kappa shape index (κ3) is 4.45. The van der Waals surface area contributed by atoms with Gasteiger partial charge in [0.05, 0.1) is 11.6 Å². The number of nitrogens with one attached hydrogen (secondary N) is 1. The predicted molar refractivity (Wildman–Crippen MR) is 136 cm³/mol. The van der Waals surface area contributed by atoms with Crippen LogP contribution in [0.15, 0.2) is 88.5 Å². The van der Waals surface area contributed by atoms with Gasteiger partial charge >= 0.3 is 0 Å². The Hall–Kier alpha value is -4.46. The molecule has 4 aromatic rings. The van der Waals surface area contributed by atoms with Crippen molar-refractivity contribution in [3.63, 3.8) is 0 Å². The van der Waals surface area contributed by atoms with Crippen molar-refractivity contribution in [2.24, 2.45) is 4.99 Å². The lowest BCUT2D eigenvalue weighted by Crippen LogP contribution is -2.19. The summed E-state index contributed by atoms with van der Waals surface area (Å²) < 4.78 is 19.2. The van der Waals surface area contributed by atoms with E-state index in [9.17, 15) is 9.18 Å². The number of halogens is 1. The number of anilines is 1. The standard InChI is InChI=1S/C28H24FN5O2/c1-17-13-15-28(3,33-17)22-14-16-30-25(31-22)23-24(20-9-11-21(29)12-10-20)34-36-27(23)32-26(35)18(2)19-7-5-4-6-8-19/h4-16,18H,1-3H3,(H,32,35). The van der Waals surface area contributed by atoms with Gasteiger partial charge in [-0.1, -0.05) is 35.5 Å². The summed E-state index contributed by atoms with van der Waals surface area (Å²) in [5.74, 6) is -0.658. The molecule has 0 saturated carbocycles. The predicted octanol–water partition coefficient (Wildman–Crippen LogP) is 5.93. The molecule has 0 bridgehead atoms. The zero-order chi connectivity index (χ0) is 25.3. The number of aliphatic imine (C=N–C) groups is 1. The second kappa shape index (κ2) is 9.30. The fraction of sp³-hybridized carbons (Fsp3) is 0.179. The van der Waals surface area contributed by atoms with Crippen molar-refractivity contribution in [3.8, 4) is 22.6 Å². The molecular weight excluding hydrogens is 457 g/mol. The number of carbonyl (C=O) groups is 1. The molecule has 1 N–H and O–H groups in total. The van der Waals surface area contributed by atoms with E-state index >= 15 is 0 Å². The highest BCUT2D eigenvalue weighted by Gasteiger charge is 2.30. The van der Waals surface area contributed by atoms with E-state index in [2.05, 4.69) is 15.5 Å². The van der Waals surface area contributed by atoms with Crippen molar-refractivity contribution in [2.45, 2.75) is 32.2 Å². The monoisotopic (exact) mass is 481 g/mol. The van der Waals surface area contributed by atoms with Crippen LogP contribution in [0.1, 0.15) is 37.9 Å². The summed E-state index contributed by atoms with van der Waals surface area (Å²) in [7, 11) is 0. The van der Waals surface area contributed by atoms with Crippen LogP contribution < -0.4 is 5.32 Å². The number of aromatic nitrogens is 3. The average Bonchev–Trinajstić information content (AvgIpc) is 3.47. The van der Waals surface area contributed by atoms with Gasteiger partial charge in [0.25, 0.3) is 0 Å². The molecule has 0 fully saturated rings. The van der Waals surface area contributed by atoms with Crippen LogP contribution in [0.5, 0.6) is 0 Å². The van der Waals surface area contributed by atoms with Gasteiger partial charge in [0, 0.05) is 17.5 Å². The van der Waals surface area contributed by atoms with Gasteiger partial charge in [-0.3, -0.25) is 15.1 Å². The van der Waals surface area contributed by atoms with E-state index in [-0.39, 0.29) is 17.6 Å². The summed E-state index contributed by atoms with van der Waals surface area (Å²) in [5, 5.41) is 7.05. The summed E-state index contributed by atoms with van der Waals surface area (Å²) in [6.07, 6.45) is 5.56. The van der Waals surface area contributed by atoms with E-state index in [0.29, 0.717) is 28.3 Å². The lowest BCUT2D eigenvalue weighted by Gasteiger charge is -2.18. The number of amides is 1. The van der Waals surface area contributed by atoms with Crippen LogP contribution in [0.25, 0.3) is 22.6 Å². The van der Waals surface area contributed by atoms with Gasteiger partial charge in [-0.25, -0.2) is 14.4 Å². The highest BCUT2D eigenvalue weighted by Crippen LogP contribution is 2.38. The van der Waals surface area contributed by atoms with E-state index in [4.69, 9.17) is 14.5 Å². The molecular formula is C28H24FN5O2. The molecule has 0 saturated heterocycles. The zero-order valence-electron chi connectivity index (χ0n) is 20.1. The summed E-state index contributed by atoms with van der Waals surface area (Å²) in [6, 6.07) is 17.1. The SMILES string of the molecule is CC1=NC(C)(c2ccnc(-c3c(-c4ccc(F)cc4)noc3NC(=O)C(C)c3ccccc3)n2)C=C1. The van der Waals surface area contributed by atoms with Crippen LogP contribution >= 0.6 is 0 Å². The molecule has 0 radical (unpaired) electrons. The van der Waals surface area contributed by atoms with E-state index in [0.717, 1.165) is 11.3 Å². The Bertz CT molecular complexity index is 1480. The number of hydrogen-bond acceptors (Lipinski definition) is 6. The summed E-state index contributed by atoms with van der Waals surface area (Å²) in [5.41, 5.74) is 3.20. The van der Waals surface area contributed by atoms with Crippen LogP contribution in [-0.2, 0) is 10.3 Å². The maximum atomic E-state index is 13.6. The largest absolute Gasteiger partial charge is 0.337 e. The number of rotatable bonds is 6. The van der Waals surface area contributed by atoms with Crippen LogP contribution in [0.4, 0.5) is 10.3 Å². The van der Waals surface area contributed by atoms with Crippen molar-refractivity contribution in [1.82, 2.24) is 15.1 Å². The smallest absolute Gasteiger partial charge is 0.243 e. The molecule has 3 heterocycles. The first-order chi connectivity index (χ1) is 17.3. The van der Waals surface area contributed by atoms with E-state index in [1.807, 2.05) is 63.3 Å². The van der Waals surface area contributed by atoms with Gasteiger partial charge in [-0.15, -0.1) is 0 Å². The van der Waals surface area contributed by atoms with Gasteiger partial charge in [-0.05, 0) is 68.8 Å². The van der Waals surface area contributed by atoms with Gasteiger partial charge in [0.2, 0.25) is 11.8 Å². The Morgan fingerprint density at radius 3 is 2.53 bits per heavy atom. The first-order valence-electron chi connectivity index (χ1n) is 11.5. The van der Waals surface area contributed by atoms with Crippen molar-refractivity contribution >= 4 is 17.5 Å². The minimum Gasteiger partial charge on any atom is -0.337 e. The van der Waals surface area contributed by atoms with Gasteiger partial charge in [-0.2, -0.15) is 0 Å². The molecule has 1 aliphatic heterocycles. The molecule has 1 amide bonds. The van der Waals surface area contributed by atoms with Crippen LogP contribution in [-0.4, -0.2) is 26.7 Å². The third-order valence-electron chi connectivity index (χ3n) is 6.19. The van der Waals surface area contributed by atoms with Crippen molar-refractivity contribution in [1.29, 1.82) is 0 Å². The molecule has 0 aliphatic carbocycles. The maximum Gasteiger partial charge on any atom is 0.243 e. The van der Waals surface area contributed by atoms with Crippen LogP contribution in [0, 0.1) is 5.82 Å². The summed E-state index contributed by atoms with van der Waals surface area (Å²) >= 11 is 0. The van der Waals surface area contributed by atoms with Crippen LogP contribution in [0.3, 0.4) is 0 Å². The highest BCUT2D eigenvalue weighted by atomic mass is 19.1. The molecule has 2 aromatic carbocycles. The molecule has 5 rings (SSSR count). The first-order valence-corrected chi connectivity index (χ1v) is 11.5.